The number of hydrogen-bond donors (Lipinski definition) is 0. The number of hydrogen-bond acceptors (Lipinski definition) is 3. The van der Waals surface area contributed by atoms with Crippen LogP contribution < -0.4 is 0 Å². The Kier molecular flexibility index (Phi) is 5.53. The summed E-state index contributed by atoms with van der Waals surface area (Å²) in [6.07, 6.45) is 0. The third-order valence-electron chi connectivity index (χ3n) is 2.89. The summed E-state index contributed by atoms with van der Waals surface area (Å²) in [5.74, 6) is 0. The van der Waals surface area contributed by atoms with E-state index in [1.54, 1.807) is 60.7 Å². The van der Waals surface area contributed by atoms with Crippen molar-refractivity contribution in [2.45, 2.75) is 18.6 Å². The topological polar surface area (TPSA) is 49.4 Å². The summed E-state index contributed by atoms with van der Waals surface area (Å²) < 4.78 is 64.4. The number of nitrogens with zero attached hydrogens (tertiary/aromatic N) is 1. The average molecular weight is 345 g/mol. The molecule has 0 aliphatic rings. The van der Waals surface area contributed by atoms with E-state index in [-0.39, 0.29) is 13.1 Å². The van der Waals surface area contributed by atoms with Crippen LogP contribution in [-0.2, 0) is 36.6 Å². The predicted molar refractivity (Wildman–Crippen MR) is 78.0 cm³/mol. The summed E-state index contributed by atoms with van der Waals surface area (Å²) in [5, 5.41) is 0.771. The molecule has 0 N–H and O–H groups in total. The van der Waals surface area contributed by atoms with E-state index in [9.17, 15) is 21.9 Å². The van der Waals surface area contributed by atoms with Gasteiger partial charge in [-0.3, -0.25) is 0 Å². The second-order valence-corrected chi connectivity index (χ2v) is 6.26. The zero-order valence-electron chi connectivity index (χ0n) is 11.9. The summed E-state index contributed by atoms with van der Waals surface area (Å²) in [5.41, 5.74) is -4.22. The molecule has 1 atom stereocenters. The molecule has 1 radical (unpaired) electrons. The molecule has 0 aromatic heterocycles. The molecule has 0 amide bonds. The van der Waals surface area contributed by atoms with Gasteiger partial charge in [-0.1, -0.05) is 60.7 Å². The van der Waals surface area contributed by atoms with Crippen molar-refractivity contribution in [3.05, 3.63) is 71.8 Å². The largest absolute Gasteiger partial charge is 0.646 e. The molecule has 1 unspecified atom stereocenters. The summed E-state index contributed by atoms with van der Waals surface area (Å²) in [4.78, 5) is 0. The van der Waals surface area contributed by atoms with Crippen LogP contribution in [0.1, 0.15) is 11.1 Å². The van der Waals surface area contributed by atoms with Gasteiger partial charge in [-0.15, -0.1) is 18.2 Å². The fraction of sp³-hybridized carbons (Fsp3) is 0.200. The summed E-state index contributed by atoms with van der Waals surface area (Å²) in [7, 11) is -5.71. The standard InChI is InChI=1S/C15H14F3NO3S/c16-15(17,18)23(20,21)22-19(11-13-7-3-1-4-8-13)12-14-9-5-2-6-10-14/h1-10H,11-12H2/q+1. The Bertz CT molecular complexity index is 623. The van der Waals surface area contributed by atoms with Crippen molar-refractivity contribution in [1.82, 2.24) is 5.06 Å². The third kappa shape index (κ3) is 5.14. The van der Waals surface area contributed by atoms with E-state index in [1.807, 2.05) is 0 Å². The predicted octanol–water partition coefficient (Wildman–Crippen LogP) is 3.90. The minimum atomic E-state index is -5.71. The second kappa shape index (κ2) is 7.22. The van der Waals surface area contributed by atoms with Gasteiger partial charge in [-0.25, -0.2) is 0 Å². The van der Waals surface area contributed by atoms with Crippen molar-refractivity contribution < 1.29 is 26.2 Å². The molecule has 0 spiro atoms. The first-order valence-electron chi connectivity index (χ1n) is 6.61. The number of alkyl halides is 3. The first kappa shape index (κ1) is 17.6. The molecule has 0 bridgehead atoms. The minimum Gasteiger partial charge on any atom is -0.126 e. The first-order chi connectivity index (χ1) is 10.8. The van der Waals surface area contributed by atoms with Crippen molar-refractivity contribution in [3.8, 4) is 0 Å². The van der Waals surface area contributed by atoms with E-state index in [0.717, 1.165) is 5.06 Å². The van der Waals surface area contributed by atoms with Gasteiger partial charge in [0, 0.05) is 0 Å². The second-order valence-electron chi connectivity index (χ2n) is 4.74. The Balaban J connectivity index is 2.19. The summed E-state index contributed by atoms with van der Waals surface area (Å²) in [6, 6.07) is 17.0. The summed E-state index contributed by atoms with van der Waals surface area (Å²) in [6.45, 7) is -0.212. The molecule has 2 aromatic carbocycles. The smallest absolute Gasteiger partial charge is 0.126 e. The number of halogens is 3. The fourth-order valence-electron chi connectivity index (χ4n) is 1.86. The zero-order chi connectivity index (χ0) is 16.9. The molecule has 8 heteroatoms. The third-order valence-corrected chi connectivity index (χ3v) is 3.86. The Hall–Kier alpha value is -1.74. The highest BCUT2D eigenvalue weighted by molar-refractivity contribution is 7.93. The highest BCUT2D eigenvalue weighted by Gasteiger charge is 2.66. The van der Waals surface area contributed by atoms with Crippen LogP contribution in [0.3, 0.4) is 0 Å². The zero-order valence-corrected chi connectivity index (χ0v) is 12.7. The fourth-order valence-corrected chi connectivity index (χ4v) is 2.33. The van der Waals surface area contributed by atoms with E-state index >= 15 is 0 Å². The van der Waals surface area contributed by atoms with E-state index in [0.29, 0.717) is 11.1 Å². The molecule has 0 fully saturated rings. The lowest BCUT2D eigenvalue weighted by atomic mass is 10.2. The molecule has 0 saturated heterocycles. The van der Waals surface area contributed by atoms with Crippen LogP contribution in [-0.4, -0.2) is 10.6 Å². The van der Waals surface area contributed by atoms with Gasteiger partial charge in [0.15, 0.2) is 0 Å². The van der Waals surface area contributed by atoms with Crippen molar-refractivity contribution in [1.29, 1.82) is 0 Å². The molecule has 2 rings (SSSR count). The van der Waals surface area contributed by atoms with Gasteiger partial charge in [-0.05, 0) is 19.6 Å². The Labute approximate surface area is 132 Å². The number of rotatable bonds is 6. The molecule has 0 aliphatic heterocycles. The van der Waals surface area contributed by atoms with E-state index < -0.39 is 16.0 Å². The minimum absolute atomic E-state index is 0.106. The lowest BCUT2D eigenvalue weighted by Gasteiger charge is -2.18. The van der Waals surface area contributed by atoms with Gasteiger partial charge in [0.2, 0.25) is 0 Å². The highest BCUT2D eigenvalue weighted by atomic mass is 32.3. The summed E-state index contributed by atoms with van der Waals surface area (Å²) >= 11 is 0. The van der Waals surface area contributed by atoms with Crippen molar-refractivity contribution in [3.63, 3.8) is 0 Å². The average Bonchev–Trinajstić information content (AvgIpc) is 2.47. The van der Waals surface area contributed by atoms with Crippen LogP contribution in [0.5, 0.6) is 0 Å². The molecule has 4 nitrogen and oxygen atoms in total. The van der Waals surface area contributed by atoms with Crippen LogP contribution in [0.2, 0.25) is 0 Å². The van der Waals surface area contributed by atoms with Crippen LogP contribution in [0.25, 0.3) is 0 Å². The number of benzene rings is 2. The molecular formula is C15H14F3NO3S+. The molecule has 2 aromatic rings. The van der Waals surface area contributed by atoms with Gasteiger partial charge >= 0.3 is 16.0 Å². The van der Waals surface area contributed by atoms with Crippen molar-refractivity contribution in [2.24, 2.45) is 0 Å². The van der Waals surface area contributed by atoms with Crippen LogP contribution >= 0.6 is 0 Å². The molecule has 23 heavy (non-hydrogen) atoms. The van der Waals surface area contributed by atoms with Gasteiger partial charge in [-0.2, -0.15) is 0 Å². The van der Waals surface area contributed by atoms with Gasteiger partial charge in [0.05, 0.1) is 17.6 Å². The maximum absolute atomic E-state index is 12.5. The lowest BCUT2D eigenvalue weighted by Crippen LogP contribution is -2.37. The molecular weight excluding hydrogens is 331 g/mol. The van der Waals surface area contributed by atoms with E-state index in [4.69, 9.17) is 0 Å². The first-order valence-corrected chi connectivity index (χ1v) is 8.02. The van der Waals surface area contributed by atoms with Crippen molar-refractivity contribution in [2.75, 3.05) is 0 Å². The van der Waals surface area contributed by atoms with Crippen LogP contribution in [0.4, 0.5) is 13.2 Å². The van der Waals surface area contributed by atoms with Gasteiger partial charge in [0.25, 0.3) is 0 Å². The Morgan fingerprint density at radius 1 is 0.870 bits per heavy atom. The van der Waals surface area contributed by atoms with E-state index in [2.05, 4.69) is 4.28 Å². The highest BCUT2D eigenvalue weighted by Crippen LogP contribution is 2.31. The molecule has 0 heterocycles. The number of hydroxylamine groups is 2. The van der Waals surface area contributed by atoms with Gasteiger partial charge < -0.3 is 0 Å². The lowest BCUT2D eigenvalue weighted by molar-refractivity contribution is -0.126. The van der Waals surface area contributed by atoms with Crippen molar-refractivity contribution >= 4 is 10.5 Å². The van der Waals surface area contributed by atoms with Gasteiger partial charge in [0.1, 0.15) is 0 Å². The Morgan fingerprint density at radius 3 is 1.61 bits per heavy atom. The maximum Gasteiger partial charge on any atom is 0.646 e. The van der Waals surface area contributed by atoms with E-state index in [1.165, 1.54) is 0 Å². The maximum atomic E-state index is 12.5. The molecule has 0 aliphatic carbocycles. The normalized spacial score (nSPS) is 14.7. The Morgan fingerprint density at radius 2 is 1.26 bits per heavy atom. The van der Waals surface area contributed by atoms with Crippen LogP contribution in [0.15, 0.2) is 60.7 Å². The molecule has 0 saturated carbocycles. The molecule has 123 valence electrons. The SMILES string of the molecule is [O][S+](=O)(ON(Cc1ccccc1)Cc1ccccc1)C(F)(F)F. The quantitative estimate of drug-likeness (QED) is 0.589. The van der Waals surface area contributed by atoms with Crippen LogP contribution in [0, 0.1) is 0 Å². The monoisotopic (exact) mass is 345 g/mol.